The zero-order valence-corrected chi connectivity index (χ0v) is 11.8. The van der Waals surface area contributed by atoms with E-state index in [0.29, 0.717) is 0 Å². The van der Waals surface area contributed by atoms with E-state index in [2.05, 4.69) is 47.8 Å². The molecule has 1 atom stereocenters. The van der Waals surface area contributed by atoms with Gasteiger partial charge in [0.25, 0.3) is 0 Å². The van der Waals surface area contributed by atoms with Gasteiger partial charge in [-0.25, -0.2) is 0 Å². The number of hydrogen-bond donors (Lipinski definition) is 0. The highest BCUT2D eigenvalue weighted by Crippen LogP contribution is 2.33. The van der Waals surface area contributed by atoms with E-state index in [9.17, 15) is 0 Å². The van der Waals surface area contributed by atoms with Gasteiger partial charge in [-0.1, -0.05) is 22.0 Å². The van der Waals surface area contributed by atoms with Gasteiger partial charge in [0, 0.05) is 5.33 Å². The number of alkyl halides is 1. The van der Waals surface area contributed by atoms with E-state index in [4.69, 9.17) is 4.74 Å². The molecule has 1 rings (SSSR count). The molecule has 0 bridgehead atoms. The maximum Gasteiger partial charge on any atom is 0.148 e. The highest BCUT2D eigenvalue weighted by atomic mass is 79.9. The molecule has 0 heterocycles. The van der Waals surface area contributed by atoms with E-state index in [0.717, 1.165) is 20.0 Å². The Bertz CT molecular complexity index is 268. The number of halogens is 3. The Morgan fingerprint density at radius 3 is 2.31 bits per heavy atom. The average molecular weight is 373 g/mol. The van der Waals surface area contributed by atoms with E-state index in [-0.39, 0.29) is 6.10 Å². The summed E-state index contributed by atoms with van der Waals surface area (Å²) in [6.07, 6.45) is 0.162. The minimum absolute atomic E-state index is 0.162. The molecule has 0 amide bonds. The van der Waals surface area contributed by atoms with Crippen LogP contribution in [0.2, 0.25) is 0 Å². The van der Waals surface area contributed by atoms with Crippen molar-refractivity contribution in [1.82, 2.24) is 0 Å². The minimum atomic E-state index is 0.162. The topological polar surface area (TPSA) is 9.23 Å². The zero-order chi connectivity index (χ0) is 9.84. The summed E-state index contributed by atoms with van der Waals surface area (Å²) in [4.78, 5) is 0. The molecule has 0 fully saturated rings. The monoisotopic (exact) mass is 370 g/mol. The lowest BCUT2D eigenvalue weighted by Gasteiger charge is -2.14. The van der Waals surface area contributed by atoms with Gasteiger partial charge < -0.3 is 4.74 Å². The van der Waals surface area contributed by atoms with Gasteiger partial charge in [-0.05, 0) is 50.9 Å². The van der Waals surface area contributed by atoms with Crippen LogP contribution < -0.4 is 4.74 Å². The highest BCUT2D eigenvalue weighted by Gasteiger charge is 2.08. The summed E-state index contributed by atoms with van der Waals surface area (Å²) in [5, 5.41) is 0.820. The fourth-order valence-electron chi connectivity index (χ4n) is 0.828. The Labute approximate surface area is 103 Å². The third-order valence-electron chi connectivity index (χ3n) is 1.46. The molecule has 0 saturated carbocycles. The molecule has 13 heavy (non-hydrogen) atoms. The Morgan fingerprint density at radius 2 is 1.85 bits per heavy atom. The molecule has 0 radical (unpaired) electrons. The van der Waals surface area contributed by atoms with E-state index in [1.807, 2.05) is 25.1 Å². The second-order valence-electron chi connectivity index (χ2n) is 2.63. The van der Waals surface area contributed by atoms with Crippen molar-refractivity contribution in [1.29, 1.82) is 0 Å². The Hall–Kier alpha value is 0.460. The molecule has 0 aromatic heterocycles. The van der Waals surface area contributed by atoms with Gasteiger partial charge in [-0.2, -0.15) is 0 Å². The van der Waals surface area contributed by atoms with Crippen LogP contribution in [-0.4, -0.2) is 11.4 Å². The normalized spacial score (nSPS) is 12.6. The lowest BCUT2D eigenvalue weighted by molar-refractivity contribution is 0.245. The molecule has 1 aromatic rings. The van der Waals surface area contributed by atoms with E-state index in [1.54, 1.807) is 0 Å². The Morgan fingerprint density at radius 1 is 1.31 bits per heavy atom. The van der Waals surface area contributed by atoms with Crippen molar-refractivity contribution in [2.45, 2.75) is 13.0 Å². The van der Waals surface area contributed by atoms with Crippen LogP contribution in [0, 0.1) is 0 Å². The third-order valence-corrected chi connectivity index (χ3v) is 3.62. The largest absolute Gasteiger partial charge is 0.487 e. The summed E-state index contributed by atoms with van der Waals surface area (Å²) in [6, 6.07) is 5.88. The summed E-state index contributed by atoms with van der Waals surface area (Å²) >= 11 is 10.2. The Kier molecular flexibility index (Phi) is 4.76. The molecule has 4 heteroatoms. The van der Waals surface area contributed by atoms with Crippen molar-refractivity contribution in [3.05, 3.63) is 27.1 Å². The average Bonchev–Trinajstić information content (AvgIpc) is 2.11. The van der Waals surface area contributed by atoms with Crippen molar-refractivity contribution < 1.29 is 4.74 Å². The third kappa shape index (κ3) is 3.26. The van der Waals surface area contributed by atoms with Crippen molar-refractivity contribution in [2.75, 3.05) is 5.33 Å². The van der Waals surface area contributed by atoms with Crippen LogP contribution in [0.3, 0.4) is 0 Å². The first-order valence-electron chi connectivity index (χ1n) is 3.81. The molecule has 0 spiro atoms. The fourth-order valence-corrected chi connectivity index (χ4v) is 2.15. The second kappa shape index (κ2) is 5.37. The summed E-state index contributed by atoms with van der Waals surface area (Å²) in [6.45, 7) is 2.01. The number of rotatable bonds is 3. The highest BCUT2D eigenvalue weighted by molar-refractivity contribution is 9.11. The van der Waals surface area contributed by atoms with Crippen LogP contribution in [0.1, 0.15) is 6.92 Å². The van der Waals surface area contributed by atoms with Crippen molar-refractivity contribution in [3.63, 3.8) is 0 Å². The van der Waals surface area contributed by atoms with Crippen molar-refractivity contribution in [2.24, 2.45) is 0 Å². The number of hydrogen-bond acceptors (Lipinski definition) is 1. The van der Waals surface area contributed by atoms with Crippen LogP contribution in [0.4, 0.5) is 0 Å². The van der Waals surface area contributed by atoms with Crippen LogP contribution in [0.25, 0.3) is 0 Å². The van der Waals surface area contributed by atoms with Crippen LogP contribution in [0.5, 0.6) is 5.75 Å². The number of para-hydroxylation sites is 1. The van der Waals surface area contributed by atoms with Crippen molar-refractivity contribution in [3.8, 4) is 5.75 Å². The number of benzene rings is 1. The molecular formula is C9H9Br3O. The Balaban J connectivity index is 2.87. The second-order valence-corrected chi connectivity index (χ2v) is 4.99. The minimum Gasteiger partial charge on any atom is -0.487 e. The molecule has 0 aliphatic rings. The molecule has 0 aliphatic carbocycles. The molecule has 0 N–H and O–H groups in total. The SMILES string of the molecule is CC(CBr)Oc1c(Br)cccc1Br. The molecule has 1 nitrogen and oxygen atoms in total. The number of ether oxygens (including phenoxy) is 1. The van der Waals surface area contributed by atoms with Gasteiger partial charge in [0.1, 0.15) is 11.9 Å². The van der Waals surface area contributed by atoms with E-state index < -0.39 is 0 Å². The van der Waals surface area contributed by atoms with E-state index >= 15 is 0 Å². The first-order chi connectivity index (χ1) is 6.15. The summed E-state index contributed by atoms with van der Waals surface area (Å²) in [7, 11) is 0. The first kappa shape index (κ1) is 11.5. The lowest BCUT2D eigenvalue weighted by Crippen LogP contribution is -2.13. The molecule has 72 valence electrons. The van der Waals surface area contributed by atoms with Crippen LogP contribution >= 0.6 is 47.8 Å². The van der Waals surface area contributed by atoms with Crippen LogP contribution in [-0.2, 0) is 0 Å². The van der Waals surface area contributed by atoms with Gasteiger partial charge in [0.15, 0.2) is 0 Å². The summed E-state index contributed by atoms with van der Waals surface area (Å²) < 4.78 is 7.62. The standard InChI is InChI=1S/C9H9Br3O/c1-6(5-10)13-9-7(11)3-2-4-8(9)12/h2-4,6H,5H2,1H3. The predicted octanol–water partition coefficient (Wildman–Crippen LogP) is 4.37. The van der Waals surface area contributed by atoms with E-state index in [1.165, 1.54) is 0 Å². The van der Waals surface area contributed by atoms with Gasteiger partial charge in [-0.3, -0.25) is 0 Å². The smallest absolute Gasteiger partial charge is 0.148 e. The van der Waals surface area contributed by atoms with Gasteiger partial charge in [0.2, 0.25) is 0 Å². The quantitative estimate of drug-likeness (QED) is 0.716. The van der Waals surface area contributed by atoms with Gasteiger partial charge in [0.05, 0.1) is 8.95 Å². The fraction of sp³-hybridized carbons (Fsp3) is 0.333. The summed E-state index contributed by atoms with van der Waals surface area (Å²) in [5.74, 6) is 0.856. The maximum atomic E-state index is 5.68. The lowest BCUT2D eigenvalue weighted by atomic mass is 10.3. The van der Waals surface area contributed by atoms with Crippen molar-refractivity contribution >= 4 is 47.8 Å². The molecule has 1 aromatic carbocycles. The zero-order valence-electron chi connectivity index (χ0n) is 7.06. The maximum absolute atomic E-state index is 5.68. The first-order valence-corrected chi connectivity index (χ1v) is 6.52. The molecular weight excluding hydrogens is 364 g/mol. The van der Waals surface area contributed by atoms with Gasteiger partial charge >= 0.3 is 0 Å². The molecule has 0 aliphatic heterocycles. The summed E-state index contributed by atoms with van der Waals surface area (Å²) in [5.41, 5.74) is 0. The molecule has 0 saturated heterocycles. The van der Waals surface area contributed by atoms with Crippen LogP contribution in [0.15, 0.2) is 27.1 Å². The predicted molar refractivity (Wildman–Crippen MR) is 65.7 cm³/mol. The van der Waals surface area contributed by atoms with Gasteiger partial charge in [-0.15, -0.1) is 0 Å². The molecule has 1 unspecified atom stereocenters.